The van der Waals surface area contributed by atoms with Crippen molar-refractivity contribution in [2.45, 2.75) is 64.0 Å². The quantitative estimate of drug-likeness (QED) is 0.799. The predicted octanol–water partition coefficient (Wildman–Crippen LogP) is 3.18. The lowest BCUT2D eigenvalue weighted by molar-refractivity contribution is 0.210. The summed E-state index contributed by atoms with van der Waals surface area (Å²) in [4.78, 5) is 4.78. The number of nitrogens with one attached hydrogen (secondary N) is 1. The molecule has 0 aromatic carbocycles. The number of hydrogen-bond donors (Lipinski definition) is 1. The molecule has 0 spiro atoms. The highest BCUT2D eigenvalue weighted by Gasteiger charge is 2.36. The van der Waals surface area contributed by atoms with Crippen molar-refractivity contribution in [3.8, 4) is 0 Å². The minimum absolute atomic E-state index is 0.404. The Hall–Kier alpha value is -0.180. The van der Waals surface area contributed by atoms with Crippen molar-refractivity contribution < 1.29 is 0 Å². The molecule has 0 radical (unpaired) electrons. The van der Waals surface area contributed by atoms with Crippen LogP contribution in [0.5, 0.6) is 0 Å². The molecule has 1 fully saturated rings. The topological polar surface area (TPSA) is 24.4 Å². The van der Waals surface area contributed by atoms with Gasteiger partial charge in [-0.1, -0.05) is 25.6 Å². The maximum Gasteiger partial charge on any atom is 0.157 e. The number of thioether (sulfide) groups is 1. The van der Waals surface area contributed by atoms with Crippen molar-refractivity contribution in [1.29, 1.82) is 0 Å². The standard InChI is InChI=1S/C12H22N2S/c1-3-10-6-9-15-11(13-10)14-12(4-2)7-5-8-12/h10H,3-9H2,1-2H3,(H,13,14). The van der Waals surface area contributed by atoms with Gasteiger partial charge < -0.3 is 5.32 Å². The van der Waals surface area contributed by atoms with Gasteiger partial charge in [0.15, 0.2) is 5.17 Å². The van der Waals surface area contributed by atoms with Gasteiger partial charge in [-0.05, 0) is 38.5 Å². The Balaban J connectivity index is 1.95. The van der Waals surface area contributed by atoms with Gasteiger partial charge in [-0.25, -0.2) is 0 Å². The monoisotopic (exact) mass is 226 g/mol. The molecule has 0 aromatic rings. The lowest BCUT2D eigenvalue weighted by atomic mass is 9.75. The fourth-order valence-electron chi connectivity index (χ4n) is 2.32. The highest BCUT2D eigenvalue weighted by molar-refractivity contribution is 8.13. The Kier molecular flexibility index (Phi) is 3.60. The molecule has 1 aliphatic heterocycles. The van der Waals surface area contributed by atoms with E-state index in [1.165, 1.54) is 49.4 Å². The Morgan fingerprint density at radius 1 is 1.47 bits per heavy atom. The van der Waals surface area contributed by atoms with Crippen molar-refractivity contribution in [3.05, 3.63) is 0 Å². The molecule has 1 N–H and O–H groups in total. The van der Waals surface area contributed by atoms with Crippen LogP contribution in [0.3, 0.4) is 0 Å². The predicted molar refractivity (Wildman–Crippen MR) is 68.6 cm³/mol. The van der Waals surface area contributed by atoms with Gasteiger partial charge in [0, 0.05) is 11.3 Å². The van der Waals surface area contributed by atoms with Crippen LogP contribution in [0.4, 0.5) is 0 Å². The van der Waals surface area contributed by atoms with E-state index in [-0.39, 0.29) is 0 Å². The molecule has 1 aliphatic carbocycles. The Morgan fingerprint density at radius 2 is 2.27 bits per heavy atom. The summed E-state index contributed by atoms with van der Waals surface area (Å²) >= 11 is 1.91. The van der Waals surface area contributed by atoms with Gasteiger partial charge in [0.2, 0.25) is 0 Å². The summed E-state index contributed by atoms with van der Waals surface area (Å²) in [6.45, 7) is 4.53. The number of hydrogen-bond acceptors (Lipinski definition) is 3. The van der Waals surface area contributed by atoms with Crippen molar-refractivity contribution >= 4 is 16.9 Å². The Morgan fingerprint density at radius 3 is 2.80 bits per heavy atom. The van der Waals surface area contributed by atoms with Gasteiger partial charge in [0.1, 0.15) is 0 Å². The highest BCUT2D eigenvalue weighted by Crippen LogP contribution is 2.35. The lowest BCUT2D eigenvalue weighted by Crippen LogP contribution is -2.52. The van der Waals surface area contributed by atoms with Crippen LogP contribution in [-0.2, 0) is 0 Å². The van der Waals surface area contributed by atoms with Crippen LogP contribution in [-0.4, -0.2) is 22.5 Å². The average molecular weight is 226 g/mol. The van der Waals surface area contributed by atoms with Gasteiger partial charge >= 0.3 is 0 Å². The van der Waals surface area contributed by atoms with Crippen molar-refractivity contribution in [3.63, 3.8) is 0 Å². The Bertz CT molecular complexity index is 240. The number of amidine groups is 1. The summed E-state index contributed by atoms with van der Waals surface area (Å²) < 4.78 is 0. The molecule has 1 saturated carbocycles. The average Bonchev–Trinajstić information content (AvgIpc) is 2.24. The molecule has 1 unspecified atom stereocenters. The van der Waals surface area contributed by atoms with E-state index >= 15 is 0 Å². The molecule has 15 heavy (non-hydrogen) atoms. The first-order chi connectivity index (χ1) is 7.28. The van der Waals surface area contributed by atoms with Crippen LogP contribution < -0.4 is 5.32 Å². The normalized spacial score (nSPS) is 29.2. The zero-order valence-corrected chi connectivity index (χ0v) is 10.7. The zero-order chi connectivity index (χ0) is 10.7. The first-order valence-corrected chi connectivity index (χ1v) is 7.25. The van der Waals surface area contributed by atoms with Gasteiger partial charge in [-0.15, -0.1) is 0 Å². The number of aliphatic imine (C=N–C) groups is 1. The molecular formula is C12H22N2S. The molecule has 2 aliphatic rings. The van der Waals surface area contributed by atoms with Gasteiger partial charge in [0.05, 0.1) is 6.04 Å². The van der Waals surface area contributed by atoms with Crippen molar-refractivity contribution in [2.75, 3.05) is 5.75 Å². The third kappa shape index (κ3) is 2.49. The maximum absolute atomic E-state index is 4.78. The van der Waals surface area contributed by atoms with E-state index in [0.29, 0.717) is 11.6 Å². The second kappa shape index (κ2) is 4.77. The molecule has 2 rings (SSSR count). The molecule has 0 amide bonds. The molecular weight excluding hydrogens is 204 g/mol. The fraction of sp³-hybridized carbons (Fsp3) is 0.917. The molecule has 2 nitrogen and oxygen atoms in total. The largest absolute Gasteiger partial charge is 0.360 e. The molecule has 86 valence electrons. The van der Waals surface area contributed by atoms with E-state index in [0.717, 1.165) is 0 Å². The molecule has 1 heterocycles. The summed E-state index contributed by atoms with van der Waals surface area (Å²) in [5.74, 6) is 1.24. The Labute approximate surface area is 97.3 Å². The van der Waals surface area contributed by atoms with E-state index in [1.54, 1.807) is 0 Å². The van der Waals surface area contributed by atoms with E-state index < -0.39 is 0 Å². The molecule has 0 aromatic heterocycles. The van der Waals surface area contributed by atoms with E-state index in [9.17, 15) is 0 Å². The summed E-state index contributed by atoms with van der Waals surface area (Å²) in [5.41, 5.74) is 0.404. The van der Waals surface area contributed by atoms with Crippen molar-refractivity contribution in [2.24, 2.45) is 4.99 Å². The fourth-order valence-corrected chi connectivity index (χ4v) is 3.42. The third-order valence-corrected chi connectivity index (χ3v) is 4.74. The summed E-state index contributed by atoms with van der Waals surface area (Å²) in [7, 11) is 0. The van der Waals surface area contributed by atoms with E-state index in [4.69, 9.17) is 4.99 Å². The van der Waals surface area contributed by atoms with Crippen LogP contribution in [0.15, 0.2) is 4.99 Å². The molecule has 1 atom stereocenters. The van der Waals surface area contributed by atoms with E-state index in [2.05, 4.69) is 19.2 Å². The van der Waals surface area contributed by atoms with Crippen LogP contribution in [0.2, 0.25) is 0 Å². The third-order valence-electron chi connectivity index (χ3n) is 3.82. The molecule has 0 saturated heterocycles. The van der Waals surface area contributed by atoms with Gasteiger partial charge in [-0.3, -0.25) is 4.99 Å². The first kappa shape index (κ1) is 11.3. The zero-order valence-electron chi connectivity index (χ0n) is 9.88. The number of rotatable bonds is 3. The van der Waals surface area contributed by atoms with Crippen molar-refractivity contribution in [1.82, 2.24) is 5.32 Å². The summed E-state index contributed by atoms with van der Waals surface area (Å²) in [6, 6.07) is 0.572. The van der Waals surface area contributed by atoms with Crippen LogP contribution in [0, 0.1) is 0 Å². The summed E-state index contributed by atoms with van der Waals surface area (Å²) in [6.07, 6.45) is 7.73. The maximum atomic E-state index is 4.78. The molecule has 0 bridgehead atoms. The first-order valence-electron chi connectivity index (χ1n) is 6.27. The van der Waals surface area contributed by atoms with Gasteiger partial charge in [-0.2, -0.15) is 0 Å². The lowest BCUT2D eigenvalue weighted by Gasteiger charge is -2.43. The molecule has 3 heteroatoms. The van der Waals surface area contributed by atoms with Crippen LogP contribution in [0.25, 0.3) is 0 Å². The smallest absolute Gasteiger partial charge is 0.157 e. The minimum Gasteiger partial charge on any atom is -0.360 e. The highest BCUT2D eigenvalue weighted by atomic mass is 32.2. The summed E-state index contributed by atoms with van der Waals surface area (Å²) in [5, 5.41) is 4.91. The minimum atomic E-state index is 0.404. The van der Waals surface area contributed by atoms with Gasteiger partial charge in [0.25, 0.3) is 0 Å². The van der Waals surface area contributed by atoms with Crippen LogP contribution in [0.1, 0.15) is 52.4 Å². The van der Waals surface area contributed by atoms with Crippen LogP contribution >= 0.6 is 11.8 Å². The van der Waals surface area contributed by atoms with E-state index in [1.807, 2.05) is 11.8 Å². The second-order valence-corrected chi connectivity index (χ2v) is 5.83. The second-order valence-electron chi connectivity index (χ2n) is 4.75. The SMILES string of the molecule is CCC1CCSC(NC2(CC)CCC2)=N1. The number of nitrogens with zero attached hydrogens (tertiary/aromatic N) is 1.